The fraction of sp³-hybridized carbons (Fsp3) is 0.357. The van der Waals surface area contributed by atoms with E-state index < -0.39 is 21.7 Å². The van der Waals surface area contributed by atoms with E-state index in [9.17, 15) is 22.0 Å². The second-order valence-electron chi connectivity index (χ2n) is 9.79. The molecule has 1 atom stereocenters. The SMILES string of the molecule is Cc1noc(/C=C/c2ccc(F)cc2F)c1S(=O)(=O)N1CCC(C(=O)N[C@H]2CCCc3ccccc32)CC1. The highest BCUT2D eigenvalue weighted by molar-refractivity contribution is 7.89. The Kier molecular flexibility index (Phi) is 7.45. The van der Waals surface area contributed by atoms with Crippen molar-refractivity contribution in [1.29, 1.82) is 0 Å². The minimum atomic E-state index is -3.98. The standard InChI is InChI=1S/C28H29F2N3O4S/c1-18-27(26(37-32-18)12-10-20-9-11-22(29)17-24(20)30)38(35,36)33-15-13-21(14-16-33)28(34)31-25-8-4-6-19-5-2-3-7-23(19)25/h2-3,5,7,9-12,17,21,25H,4,6,8,13-16H2,1H3,(H,31,34)/b12-10+/t25-/m0/s1. The topological polar surface area (TPSA) is 92.5 Å². The number of carbonyl (C=O) groups is 1. The monoisotopic (exact) mass is 541 g/mol. The molecular formula is C28H29F2N3O4S. The Bertz CT molecular complexity index is 1480. The molecule has 0 bridgehead atoms. The number of aromatic nitrogens is 1. The van der Waals surface area contributed by atoms with E-state index in [2.05, 4.69) is 22.6 Å². The van der Waals surface area contributed by atoms with E-state index in [-0.39, 0.29) is 52.9 Å². The van der Waals surface area contributed by atoms with Gasteiger partial charge in [0.05, 0.1) is 6.04 Å². The van der Waals surface area contributed by atoms with Gasteiger partial charge in [0.1, 0.15) is 17.3 Å². The maximum atomic E-state index is 14.0. The minimum Gasteiger partial charge on any atom is -0.355 e. The van der Waals surface area contributed by atoms with Crippen molar-refractivity contribution in [2.45, 2.75) is 50.0 Å². The Balaban J connectivity index is 1.26. The van der Waals surface area contributed by atoms with Crippen LogP contribution in [0.1, 0.15) is 59.9 Å². The summed E-state index contributed by atoms with van der Waals surface area (Å²) >= 11 is 0. The summed E-state index contributed by atoms with van der Waals surface area (Å²) in [5.41, 5.74) is 2.69. The van der Waals surface area contributed by atoms with Crippen LogP contribution in [0.25, 0.3) is 12.2 Å². The first-order valence-corrected chi connectivity index (χ1v) is 14.2. The Labute approximate surface area is 220 Å². The van der Waals surface area contributed by atoms with E-state index in [0.29, 0.717) is 12.8 Å². The molecule has 0 radical (unpaired) electrons. The van der Waals surface area contributed by atoms with Crippen LogP contribution in [0.2, 0.25) is 0 Å². The first kappa shape index (κ1) is 26.2. The Morgan fingerprint density at radius 1 is 1.11 bits per heavy atom. The maximum Gasteiger partial charge on any atom is 0.248 e. The third-order valence-corrected chi connectivity index (χ3v) is 9.38. The molecule has 2 aromatic carbocycles. The summed E-state index contributed by atoms with van der Waals surface area (Å²) in [4.78, 5) is 13.0. The number of piperidine rings is 1. The molecule has 3 aromatic rings. The highest BCUT2D eigenvalue weighted by Gasteiger charge is 2.36. The molecule has 1 aromatic heterocycles. The molecule has 1 saturated heterocycles. The van der Waals surface area contributed by atoms with Gasteiger partial charge in [-0.1, -0.05) is 29.4 Å². The highest BCUT2D eigenvalue weighted by atomic mass is 32.2. The van der Waals surface area contributed by atoms with Crippen LogP contribution in [0.4, 0.5) is 8.78 Å². The molecule has 1 fully saturated rings. The number of fused-ring (bicyclic) bond motifs is 1. The van der Waals surface area contributed by atoms with Crippen LogP contribution < -0.4 is 5.32 Å². The molecule has 2 heterocycles. The largest absolute Gasteiger partial charge is 0.355 e. The van der Waals surface area contributed by atoms with E-state index in [1.807, 2.05) is 12.1 Å². The van der Waals surface area contributed by atoms with Crippen molar-refractivity contribution in [3.05, 3.63) is 82.2 Å². The molecule has 10 heteroatoms. The third-order valence-electron chi connectivity index (χ3n) is 7.32. The summed E-state index contributed by atoms with van der Waals surface area (Å²) in [6, 6.07) is 11.2. The van der Waals surface area contributed by atoms with Crippen molar-refractivity contribution >= 4 is 28.1 Å². The number of halogens is 2. The van der Waals surface area contributed by atoms with Crippen LogP contribution in [0.15, 0.2) is 51.9 Å². The zero-order valence-corrected chi connectivity index (χ0v) is 21.8. The van der Waals surface area contributed by atoms with Crippen LogP contribution in [0.5, 0.6) is 0 Å². The zero-order valence-electron chi connectivity index (χ0n) is 21.0. The zero-order chi connectivity index (χ0) is 26.9. The molecule has 7 nitrogen and oxygen atoms in total. The molecule has 38 heavy (non-hydrogen) atoms. The maximum absolute atomic E-state index is 14.0. The highest BCUT2D eigenvalue weighted by Crippen LogP contribution is 2.32. The molecule has 2 aliphatic rings. The molecule has 0 unspecified atom stereocenters. The summed E-state index contributed by atoms with van der Waals surface area (Å²) in [6.07, 6.45) is 6.34. The van der Waals surface area contributed by atoms with Crippen LogP contribution in [0, 0.1) is 24.5 Å². The number of nitrogens with one attached hydrogen (secondary N) is 1. The molecule has 1 N–H and O–H groups in total. The van der Waals surface area contributed by atoms with Gasteiger partial charge in [-0.15, -0.1) is 0 Å². The van der Waals surface area contributed by atoms with Gasteiger partial charge in [-0.3, -0.25) is 4.79 Å². The average Bonchev–Trinajstić information content (AvgIpc) is 3.29. The van der Waals surface area contributed by atoms with Gasteiger partial charge in [-0.2, -0.15) is 4.31 Å². The van der Waals surface area contributed by atoms with Gasteiger partial charge >= 0.3 is 0 Å². The summed E-state index contributed by atoms with van der Waals surface area (Å²) in [6.45, 7) is 1.89. The lowest BCUT2D eigenvalue weighted by Gasteiger charge is -2.32. The minimum absolute atomic E-state index is 0.0193. The smallest absolute Gasteiger partial charge is 0.248 e. The van der Waals surface area contributed by atoms with Crippen LogP contribution in [0.3, 0.4) is 0 Å². The van der Waals surface area contributed by atoms with Crippen molar-refractivity contribution in [1.82, 2.24) is 14.8 Å². The Hall–Kier alpha value is -3.37. The summed E-state index contributed by atoms with van der Waals surface area (Å²) in [5.74, 6) is -1.85. The molecule has 0 saturated carbocycles. The quantitative estimate of drug-likeness (QED) is 0.473. The lowest BCUT2D eigenvalue weighted by Crippen LogP contribution is -2.44. The van der Waals surface area contributed by atoms with Crippen LogP contribution in [-0.4, -0.2) is 36.9 Å². The number of nitrogens with zero attached hydrogens (tertiary/aromatic N) is 2. The molecule has 1 amide bonds. The Morgan fingerprint density at radius 3 is 2.63 bits per heavy atom. The van der Waals surface area contributed by atoms with Gasteiger partial charge in [0.25, 0.3) is 0 Å². The number of sulfonamides is 1. The van der Waals surface area contributed by atoms with E-state index in [0.717, 1.165) is 37.0 Å². The lowest BCUT2D eigenvalue weighted by molar-refractivity contribution is -0.127. The molecular weight excluding hydrogens is 512 g/mol. The first-order chi connectivity index (χ1) is 18.2. The summed E-state index contributed by atoms with van der Waals surface area (Å²) in [5, 5.41) is 6.99. The molecule has 200 valence electrons. The second kappa shape index (κ2) is 10.8. The average molecular weight is 542 g/mol. The number of aryl methyl sites for hydroxylation is 2. The van der Waals surface area contributed by atoms with E-state index in [1.54, 1.807) is 0 Å². The number of benzene rings is 2. The number of hydrogen-bond acceptors (Lipinski definition) is 5. The molecule has 0 spiro atoms. The van der Waals surface area contributed by atoms with Gasteiger partial charge in [0.15, 0.2) is 10.7 Å². The molecule has 5 rings (SSSR count). The van der Waals surface area contributed by atoms with Crippen LogP contribution >= 0.6 is 0 Å². The summed E-state index contributed by atoms with van der Waals surface area (Å²) < 4.78 is 60.8. The van der Waals surface area contributed by atoms with E-state index in [4.69, 9.17) is 4.52 Å². The van der Waals surface area contributed by atoms with Gasteiger partial charge in [-0.05, 0) is 74.4 Å². The van der Waals surface area contributed by atoms with Crippen molar-refractivity contribution < 1.29 is 26.5 Å². The Morgan fingerprint density at radius 2 is 1.87 bits per heavy atom. The molecule has 1 aliphatic carbocycles. The fourth-order valence-electron chi connectivity index (χ4n) is 5.28. The van der Waals surface area contributed by atoms with Crippen LogP contribution in [-0.2, 0) is 21.2 Å². The number of rotatable bonds is 6. The normalized spacial score (nSPS) is 19.0. The van der Waals surface area contributed by atoms with Crippen molar-refractivity contribution in [3.8, 4) is 0 Å². The predicted molar refractivity (Wildman–Crippen MR) is 138 cm³/mol. The number of amides is 1. The fourth-order valence-corrected chi connectivity index (χ4v) is 7.00. The second-order valence-corrected chi connectivity index (χ2v) is 11.7. The molecule has 1 aliphatic heterocycles. The third kappa shape index (κ3) is 5.28. The predicted octanol–water partition coefficient (Wildman–Crippen LogP) is 5.03. The lowest BCUT2D eigenvalue weighted by atomic mass is 9.87. The van der Waals surface area contributed by atoms with Crippen molar-refractivity contribution in [2.24, 2.45) is 5.92 Å². The van der Waals surface area contributed by atoms with E-state index in [1.165, 1.54) is 35.0 Å². The van der Waals surface area contributed by atoms with Crippen molar-refractivity contribution in [2.75, 3.05) is 13.1 Å². The van der Waals surface area contributed by atoms with Crippen molar-refractivity contribution in [3.63, 3.8) is 0 Å². The van der Waals surface area contributed by atoms with Gasteiger partial charge < -0.3 is 9.84 Å². The first-order valence-electron chi connectivity index (χ1n) is 12.7. The van der Waals surface area contributed by atoms with E-state index >= 15 is 0 Å². The summed E-state index contributed by atoms with van der Waals surface area (Å²) in [7, 11) is -3.98. The van der Waals surface area contributed by atoms with Gasteiger partial charge in [0.2, 0.25) is 15.9 Å². The van der Waals surface area contributed by atoms with Gasteiger partial charge in [0, 0.05) is 30.6 Å². The number of carbonyl (C=O) groups excluding carboxylic acids is 1. The van der Waals surface area contributed by atoms with Gasteiger partial charge in [-0.25, -0.2) is 17.2 Å². The number of hydrogen-bond donors (Lipinski definition) is 1.